The van der Waals surface area contributed by atoms with E-state index < -0.39 is 10.0 Å². The van der Waals surface area contributed by atoms with Gasteiger partial charge in [0.05, 0.1) is 21.6 Å². The third kappa shape index (κ3) is 7.68. The minimum atomic E-state index is -3.78. The third-order valence-electron chi connectivity index (χ3n) is 8.06. The highest BCUT2D eigenvalue weighted by molar-refractivity contribution is 7.92. The fraction of sp³-hybridized carbons (Fsp3) is 0.235. The number of nitrogens with zero attached hydrogens (tertiary/aromatic N) is 4. The van der Waals surface area contributed by atoms with E-state index in [1.807, 2.05) is 66.7 Å². The van der Waals surface area contributed by atoms with E-state index >= 15 is 0 Å². The van der Waals surface area contributed by atoms with Crippen LogP contribution in [0, 0.1) is 5.41 Å². The Hall–Kier alpha value is -3.89. The fourth-order valence-corrected chi connectivity index (χ4v) is 7.20. The normalized spacial score (nSPS) is 13.2. The lowest BCUT2D eigenvalue weighted by Crippen LogP contribution is -2.38. The summed E-state index contributed by atoms with van der Waals surface area (Å²) in [4.78, 5) is 7.67. The zero-order chi connectivity index (χ0) is 29.8. The number of rotatable bonds is 11. The van der Waals surface area contributed by atoms with E-state index in [-0.39, 0.29) is 35.5 Å². The fourth-order valence-electron chi connectivity index (χ4n) is 5.73. The summed E-state index contributed by atoms with van der Waals surface area (Å²) in [5, 5.41) is 7.70. The zero-order valence-electron chi connectivity index (χ0n) is 24.9. The maximum atomic E-state index is 14.0. The third-order valence-corrected chi connectivity index (χ3v) is 9.90. The molecule has 0 atom stereocenters. The molecular formula is C34H38Cl2N6O2S. The van der Waals surface area contributed by atoms with E-state index in [9.17, 15) is 8.42 Å². The van der Waals surface area contributed by atoms with Crippen LogP contribution in [-0.2, 0) is 23.0 Å². The van der Waals surface area contributed by atoms with Gasteiger partial charge in [0.1, 0.15) is 11.7 Å². The zero-order valence-corrected chi connectivity index (χ0v) is 27.3. The molecule has 0 unspecified atom stereocenters. The van der Waals surface area contributed by atoms with Crippen molar-refractivity contribution < 1.29 is 8.42 Å². The number of amidine groups is 1. The number of nitrogens with one attached hydrogen (secondary N) is 1. The van der Waals surface area contributed by atoms with E-state index in [4.69, 9.17) is 16.1 Å². The summed E-state index contributed by atoms with van der Waals surface area (Å²) in [7, 11) is -3.78. The van der Waals surface area contributed by atoms with E-state index in [1.54, 1.807) is 24.3 Å². The van der Waals surface area contributed by atoms with Crippen molar-refractivity contribution in [2.24, 2.45) is 5.73 Å². The van der Waals surface area contributed by atoms with E-state index in [1.165, 1.54) is 4.31 Å². The second-order valence-corrected chi connectivity index (χ2v) is 12.9. The lowest BCUT2D eigenvalue weighted by molar-refractivity contribution is 0.349. The summed E-state index contributed by atoms with van der Waals surface area (Å²) in [5.74, 6) is 0.913. The van der Waals surface area contributed by atoms with Crippen molar-refractivity contribution >= 4 is 57.4 Å². The molecule has 5 aromatic rings. The van der Waals surface area contributed by atoms with Crippen molar-refractivity contribution in [3.8, 4) is 0 Å². The SMILES string of the molecule is Cl.Cl.N=C(N)c1ccc(Cc2nc3cc(N(CCN4CCCC4)S(=O)(=O)c4ccccc4)ccc3n2Cc2ccccc2)cc1. The highest BCUT2D eigenvalue weighted by atomic mass is 35.5. The number of anilines is 1. The van der Waals surface area contributed by atoms with E-state index in [0.717, 1.165) is 53.9 Å². The first-order valence-corrected chi connectivity index (χ1v) is 16.1. The van der Waals surface area contributed by atoms with Gasteiger partial charge in [0.2, 0.25) is 0 Å². The van der Waals surface area contributed by atoms with Crippen LogP contribution < -0.4 is 10.0 Å². The number of fused-ring (bicyclic) bond motifs is 1. The van der Waals surface area contributed by atoms with Crippen LogP contribution in [0.25, 0.3) is 11.0 Å². The molecule has 1 fully saturated rings. The van der Waals surface area contributed by atoms with Crippen LogP contribution in [0.3, 0.4) is 0 Å². The molecule has 1 aromatic heterocycles. The average molecular weight is 666 g/mol. The predicted molar refractivity (Wildman–Crippen MR) is 187 cm³/mol. The monoisotopic (exact) mass is 664 g/mol. The number of aromatic nitrogens is 2. The molecule has 0 saturated carbocycles. The first-order chi connectivity index (χ1) is 20.9. The summed E-state index contributed by atoms with van der Waals surface area (Å²) in [6.45, 7) is 3.67. The largest absolute Gasteiger partial charge is 0.384 e. The van der Waals surface area contributed by atoms with Crippen LogP contribution in [0.1, 0.15) is 35.4 Å². The van der Waals surface area contributed by atoms with Crippen molar-refractivity contribution in [3.63, 3.8) is 0 Å². The van der Waals surface area contributed by atoms with Crippen molar-refractivity contribution in [1.82, 2.24) is 14.5 Å². The first-order valence-electron chi connectivity index (χ1n) is 14.6. The summed E-state index contributed by atoms with van der Waals surface area (Å²) in [6, 6.07) is 32.4. The lowest BCUT2D eigenvalue weighted by Gasteiger charge is -2.27. The number of benzene rings is 4. The van der Waals surface area contributed by atoms with E-state index in [0.29, 0.717) is 37.3 Å². The number of nitrogens with two attached hydrogens (primary N) is 1. The van der Waals surface area contributed by atoms with Gasteiger partial charge in [-0.2, -0.15) is 0 Å². The van der Waals surface area contributed by atoms with Crippen LogP contribution in [0.2, 0.25) is 0 Å². The van der Waals surface area contributed by atoms with Gasteiger partial charge in [-0.25, -0.2) is 13.4 Å². The molecule has 3 N–H and O–H groups in total. The molecule has 45 heavy (non-hydrogen) atoms. The van der Waals surface area contributed by atoms with E-state index in [2.05, 4.69) is 21.6 Å². The number of sulfonamides is 1. The van der Waals surface area contributed by atoms with Crippen molar-refractivity contribution in [2.45, 2.75) is 30.7 Å². The Morgan fingerprint density at radius 2 is 1.49 bits per heavy atom. The molecule has 0 aliphatic carbocycles. The summed E-state index contributed by atoms with van der Waals surface area (Å²) in [5.41, 5.74) is 10.8. The van der Waals surface area contributed by atoms with Gasteiger partial charge in [-0.3, -0.25) is 9.71 Å². The Kier molecular flexibility index (Phi) is 11.3. The van der Waals surface area contributed by atoms with Crippen LogP contribution in [0.5, 0.6) is 0 Å². The minimum absolute atomic E-state index is 0. The molecule has 1 aliphatic heterocycles. The van der Waals surface area contributed by atoms with Gasteiger partial charge in [-0.05, 0) is 67.4 Å². The number of nitrogen functional groups attached to an aromatic ring is 1. The molecular weight excluding hydrogens is 627 g/mol. The number of hydrogen-bond acceptors (Lipinski definition) is 5. The van der Waals surface area contributed by atoms with Gasteiger partial charge in [0.15, 0.2) is 0 Å². The van der Waals surface area contributed by atoms with Crippen molar-refractivity contribution in [2.75, 3.05) is 30.5 Å². The molecule has 2 heterocycles. The van der Waals surface area contributed by atoms with Gasteiger partial charge in [-0.15, -0.1) is 24.8 Å². The Morgan fingerprint density at radius 1 is 0.844 bits per heavy atom. The molecule has 6 rings (SSSR count). The van der Waals surface area contributed by atoms with Gasteiger partial charge in [0, 0.05) is 31.6 Å². The minimum Gasteiger partial charge on any atom is -0.384 e. The molecule has 236 valence electrons. The standard InChI is InChI=1S/C34H36N6O2S.2ClH/c35-34(36)28-15-13-26(14-16-28)23-33-37-31-24-29(17-18-32(31)39(33)25-27-9-3-1-4-10-27)40(22-21-38-19-7-8-20-38)43(41,42)30-11-5-2-6-12-30;;/h1-6,9-18,24H,7-8,19-23,25H2,(H3,35,36);2*1H. The Balaban J connectivity index is 0.00000230. The predicted octanol–water partition coefficient (Wildman–Crippen LogP) is 6.09. The molecule has 0 radical (unpaired) electrons. The van der Waals surface area contributed by atoms with Crippen molar-refractivity contribution in [3.05, 3.63) is 126 Å². The maximum absolute atomic E-state index is 14.0. The number of halogens is 2. The van der Waals surface area contributed by atoms with Crippen LogP contribution >= 0.6 is 24.8 Å². The van der Waals surface area contributed by atoms with Gasteiger partial charge in [-0.1, -0.05) is 72.8 Å². The molecule has 0 bridgehead atoms. The maximum Gasteiger partial charge on any atom is 0.264 e. The Bertz CT molecular complexity index is 1830. The average Bonchev–Trinajstić information content (AvgIpc) is 3.66. The summed E-state index contributed by atoms with van der Waals surface area (Å²) in [6.07, 6.45) is 2.88. The first kappa shape index (κ1) is 34.0. The highest BCUT2D eigenvalue weighted by Crippen LogP contribution is 2.29. The molecule has 4 aromatic carbocycles. The summed E-state index contributed by atoms with van der Waals surface area (Å²) < 4.78 is 31.7. The molecule has 11 heteroatoms. The molecule has 0 spiro atoms. The van der Waals surface area contributed by atoms with Gasteiger partial charge >= 0.3 is 0 Å². The lowest BCUT2D eigenvalue weighted by atomic mass is 10.1. The number of imidazole rings is 1. The second-order valence-electron chi connectivity index (χ2n) is 11.0. The van der Waals surface area contributed by atoms with Gasteiger partial charge < -0.3 is 15.2 Å². The molecule has 1 aliphatic rings. The molecule has 8 nitrogen and oxygen atoms in total. The highest BCUT2D eigenvalue weighted by Gasteiger charge is 2.27. The number of hydrogen-bond donors (Lipinski definition) is 2. The molecule has 1 saturated heterocycles. The molecule has 0 amide bonds. The Morgan fingerprint density at radius 3 is 2.13 bits per heavy atom. The second kappa shape index (κ2) is 14.9. The smallest absolute Gasteiger partial charge is 0.264 e. The van der Waals surface area contributed by atoms with Crippen molar-refractivity contribution in [1.29, 1.82) is 5.41 Å². The van der Waals surface area contributed by atoms with Crippen LogP contribution in [0.4, 0.5) is 5.69 Å². The Labute approximate surface area is 277 Å². The topological polar surface area (TPSA) is 108 Å². The quantitative estimate of drug-likeness (QED) is 0.131. The van der Waals surface area contributed by atoms with Gasteiger partial charge in [0.25, 0.3) is 10.0 Å². The number of likely N-dealkylation sites (tertiary alicyclic amines) is 1. The van der Waals surface area contributed by atoms with Crippen LogP contribution in [-0.4, -0.2) is 54.9 Å². The van der Waals surface area contributed by atoms with Crippen LogP contribution in [0.15, 0.2) is 108 Å². The summed E-state index contributed by atoms with van der Waals surface area (Å²) >= 11 is 0.